The van der Waals surface area contributed by atoms with Gasteiger partial charge in [0, 0.05) is 71.6 Å². The van der Waals surface area contributed by atoms with Gasteiger partial charge < -0.3 is 19.6 Å². The Labute approximate surface area is 273 Å². The number of carbonyl (C=O) groups excluding carboxylic acids is 3. The van der Waals surface area contributed by atoms with Crippen LogP contribution in [0, 0.1) is 5.92 Å². The van der Waals surface area contributed by atoms with Gasteiger partial charge in [-0.3, -0.25) is 9.59 Å². The number of alkyl halides is 6. The van der Waals surface area contributed by atoms with Gasteiger partial charge in [0.25, 0.3) is 0 Å². The zero-order valence-corrected chi connectivity index (χ0v) is 26.9. The maximum atomic E-state index is 13.6. The Morgan fingerprint density at radius 3 is 1.91 bits per heavy atom. The first-order valence-corrected chi connectivity index (χ1v) is 15.4. The number of nitrogens with zero attached hydrogens (tertiary/aromatic N) is 4. The number of urea groups is 1. The van der Waals surface area contributed by atoms with E-state index >= 15 is 0 Å². The number of hydrogen-bond donors (Lipinski definition) is 0. The second-order valence-electron chi connectivity index (χ2n) is 11.9. The van der Waals surface area contributed by atoms with Gasteiger partial charge in [0.2, 0.25) is 11.8 Å². The molecule has 2 aliphatic heterocycles. The summed E-state index contributed by atoms with van der Waals surface area (Å²) in [6, 6.07) is 5.12. The minimum atomic E-state index is -5.02. The summed E-state index contributed by atoms with van der Waals surface area (Å²) in [4.78, 5) is 44.8. The maximum Gasteiger partial charge on any atom is 0.416 e. The molecule has 46 heavy (non-hydrogen) atoms. The van der Waals surface area contributed by atoms with Gasteiger partial charge in [0.15, 0.2) is 0 Å². The van der Waals surface area contributed by atoms with Crippen molar-refractivity contribution in [2.24, 2.45) is 5.92 Å². The smallest absolute Gasteiger partial charge is 0.343 e. The molecular weight excluding hydrogens is 661 g/mol. The van der Waals surface area contributed by atoms with E-state index in [0.29, 0.717) is 61.6 Å². The zero-order chi connectivity index (χ0) is 34.1. The molecule has 252 valence electrons. The predicted molar refractivity (Wildman–Crippen MR) is 160 cm³/mol. The first-order valence-electron chi connectivity index (χ1n) is 14.6. The lowest BCUT2D eigenvalue weighted by molar-refractivity contribution is -0.143. The van der Waals surface area contributed by atoms with Crippen LogP contribution >= 0.6 is 23.2 Å². The molecule has 0 saturated carbocycles. The van der Waals surface area contributed by atoms with Gasteiger partial charge in [0.1, 0.15) is 0 Å². The molecule has 2 aliphatic rings. The highest BCUT2D eigenvalue weighted by atomic mass is 35.5. The van der Waals surface area contributed by atoms with Crippen LogP contribution in [0.25, 0.3) is 0 Å². The zero-order valence-electron chi connectivity index (χ0n) is 25.4. The van der Waals surface area contributed by atoms with Gasteiger partial charge in [-0.1, -0.05) is 29.3 Å². The molecular formula is C31H34Cl2F6N4O3. The van der Waals surface area contributed by atoms with E-state index in [9.17, 15) is 40.7 Å². The Balaban J connectivity index is 1.55. The summed E-state index contributed by atoms with van der Waals surface area (Å²) in [7, 11) is 2.81. The normalized spacial score (nSPS) is 19.6. The van der Waals surface area contributed by atoms with Crippen LogP contribution in [0.5, 0.6) is 0 Å². The summed E-state index contributed by atoms with van der Waals surface area (Å²) >= 11 is 12.5. The Morgan fingerprint density at radius 2 is 1.39 bits per heavy atom. The third kappa shape index (κ3) is 8.20. The second-order valence-corrected chi connectivity index (χ2v) is 12.7. The monoisotopic (exact) mass is 694 g/mol. The highest BCUT2D eigenvalue weighted by Gasteiger charge is 2.40. The average molecular weight is 696 g/mol. The standard InChI is InChI=1S/C31H34Cl2F6N4O3/c1-18(44)42-9-6-20(7-10-42)28(45)43-11-8-27(24(17-43)21-4-5-25(32)26(33)14-21)41(3)29(46)40(2)16-19-12-22(30(34,35)36)15-23(13-19)31(37,38)39/h4-5,12-15,20,24,27H,6-11,16-17H2,1-3H3. The molecule has 0 aromatic heterocycles. The Kier molecular flexibility index (Phi) is 10.8. The van der Waals surface area contributed by atoms with Crippen LogP contribution in [-0.2, 0) is 28.5 Å². The fourth-order valence-electron chi connectivity index (χ4n) is 6.24. The summed E-state index contributed by atoms with van der Waals surface area (Å²) < 4.78 is 80.4. The number of hydrogen-bond acceptors (Lipinski definition) is 3. The van der Waals surface area contributed by atoms with E-state index in [0.717, 1.165) is 4.90 Å². The lowest BCUT2D eigenvalue weighted by atomic mass is 9.84. The molecule has 4 amide bonds. The topological polar surface area (TPSA) is 64.2 Å². The number of piperidine rings is 2. The fourth-order valence-corrected chi connectivity index (χ4v) is 6.54. The molecule has 2 heterocycles. The van der Waals surface area contributed by atoms with Crippen LogP contribution in [0.1, 0.15) is 54.4 Å². The minimum absolute atomic E-state index is 0.0427. The van der Waals surface area contributed by atoms with E-state index in [1.165, 1.54) is 25.9 Å². The van der Waals surface area contributed by atoms with Gasteiger partial charge >= 0.3 is 18.4 Å². The van der Waals surface area contributed by atoms with E-state index in [-0.39, 0.29) is 40.9 Å². The largest absolute Gasteiger partial charge is 0.416 e. The van der Waals surface area contributed by atoms with Crippen molar-refractivity contribution in [1.29, 1.82) is 0 Å². The molecule has 0 bridgehead atoms. The van der Waals surface area contributed by atoms with E-state index in [1.54, 1.807) is 28.0 Å². The van der Waals surface area contributed by atoms with Crippen LogP contribution in [0.15, 0.2) is 36.4 Å². The van der Waals surface area contributed by atoms with Crippen molar-refractivity contribution < 1.29 is 40.7 Å². The van der Waals surface area contributed by atoms with Crippen molar-refractivity contribution in [3.8, 4) is 0 Å². The average Bonchev–Trinajstić information content (AvgIpc) is 3.00. The molecule has 7 nitrogen and oxygen atoms in total. The van der Waals surface area contributed by atoms with Crippen LogP contribution in [0.2, 0.25) is 10.0 Å². The predicted octanol–water partition coefficient (Wildman–Crippen LogP) is 7.16. The first kappa shape index (κ1) is 35.7. The number of likely N-dealkylation sites (tertiary alicyclic amines) is 2. The van der Waals surface area contributed by atoms with Gasteiger partial charge in [-0.25, -0.2) is 4.79 Å². The third-order valence-corrected chi connectivity index (χ3v) is 9.48. The molecule has 2 aromatic carbocycles. The lowest BCUT2D eigenvalue weighted by Crippen LogP contribution is -2.55. The molecule has 2 fully saturated rings. The number of amides is 4. The summed E-state index contributed by atoms with van der Waals surface area (Å²) in [6.45, 7) is 2.50. The van der Waals surface area contributed by atoms with Crippen LogP contribution in [0.3, 0.4) is 0 Å². The van der Waals surface area contributed by atoms with Crippen molar-refractivity contribution in [1.82, 2.24) is 19.6 Å². The number of rotatable bonds is 5. The lowest BCUT2D eigenvalue weighted by Gasteiger charge is -2.45. The molecule has 4 rings (SSSR count). The van der Waals surface area contributed by atoms with E-state index in [1.807, 2.05) is 0 Å². The van der Waals surface area contributed by atoms with Crippen molar-refractivity contribution in [2.75, 3.05) is 40.3 Å². The number of carbonyl (C=O) groups is 3. The van der Waals surface area contributed by atoms with Crippen molar-refractivity contribution in [2.45, 2.75) is 57.0 Å². The molecule has 0 radical (unpaired) electrons. The van der Waals surface area contributed by atoms with Crippen molar-refractivity contribution in [3.63, 3.8) is 0 Å². The number of likely N-dealkylation sites (N-methyl/N-ethyl adjacent to an activating group) is 1. The number of benzene rings is 2. The third-order valence-electron chi connectivity index (χ3n) is 8.74. The quantitative estimate of drug-likeness (QED) is 0.312. The Morgan fingerprint density at radius 1 is 0.826 bits per heavy atom. The van der Waals surface area contributed by atoms with Gasteiger partial charge in [-0.15, -0.1) is 0 Å². The molecule has 0 aliphatic carbocycles. The minimum Gasteiger partial charge on any atom is -0.343 e. The van der Waals surface area contributed by atoms with Gasteiger partial charge in [0.05, 0.1) is 21.2 Å². The van der Waals surface area contributed by atoms with Crippen molar-refractivity contribution in [3.05, 3.63) is 68.7 Å². The summed E-state index contributed by atoms with van der Waals surface area (Å²) in [5.74, 6) is -0.792. The fraction of sp³-hybridized carbons (Fsp3) is 0.516. The second kappa shape index (κ2) is 13.9. The first-order chi connectivity index (χ1) is 21.4. The van der Waals surface area contributed by atoms with Crippen molar-refractivity contribution >= 4 is 41.0 Å². The number of halogens is 8. The highest BCUT2D eigenvalue weighted by Crippen LogP contribution is 2.38. The summed E-state index contributed by atoms with van der Waals surface area (Å²) in [5, 5.41) is 0.584. The summed E-state index contributed by atoms with van der Waals surface area (Å²) in [6.07, 6.45) is -8.62. The van der Waals surface area contributed by atoms with Gasteiger partial charge in [-0.05, 0) is 60.7 Å². The molecule has 2 unspecified atom stereocenters. The molecule has 15 heteroatoms. The summed E-state index contributed by atoms with van der Waals surface area (Å²) in [5.41, 5.74) is -2.55. The Hall–Kier alpha value is -3.19. The van der Waals surface area contributed by atoms with Crippen LogP contribution < -0.4 is 0 Å². The molecule has 2 saturated heterocycles. The van der Waals surface area contributed by atoms with E-state index in [4.69, 9.17) is 23.2 Å². The Bertz CT molecular complexity index is 1430. The van der Waals surface area contributed by atoms with Gasteiger partial charge in [-0.2, -0.15) is 26.3 Å². The van der Waals surface area contributed by atoms with Crippen LogP contribution in [0.4, 0.5) is 31.1 Å². The van der Waals surface area contributed by atoms with E-state index < -0.39 is 48.0 Å². The van der Waals surface area contributed by atoms with Crippen LogP contribution in [-0.4, -0.2) is 83.8 Å². The highest BCUT2D eigenvalue weighted by molar-refractivity contribution is 6.42. The molecule has 0 N–H and O–H groups in total. The SMILES string of the molecule is CC(=O)N1CCC(C(=O)N2CCC(N(C)C(=O)N(C)Cc3cc(C(F)(F)F)cc(C(F)(F)F)c3)C(c3ccc(Cl)c(Cl)c3)C2)CC1. The van der Waals surface area contributed by atoms with E-state index in [2.05, 4.69) is 0 Å². The molecule has 2 aromatic rings. The molecule has 0 spiro atoms. The maximum absolute atomic E-state index is 13.6. The molecule has 2 atom stereocenters.